The molecule has 144 valence electrons. The van der Waals surface area contributed by atoms with Crippen LogP contribution in [0.15, 0.2) is 84.2 Å². The first-order valence-corrected chi connectivity index (χ1v) is 12.3. The highest BCUT2D eigenvalue weighted by Gasteiger charge is 2.22. The molecule has 0 aliphatic heterocycles. The van der Waals surface area contributed by atoms with Crippen molar-refractivity contribution in [3.8, 4) is 32.3 Å². The Bertz CT molecular complexity index is 1500. The molecule has 0 unspecified atom stereocenters. The molecule has 3 aromatic carbocycles. The van der Waals surface area contributed by atoms with Gasteiger partial charge in [-0.05, 0) is 24.4 Å². The largest absolute Gasteiger partial charge is 0.235 e. The summed E-state index contributed by atoms with van der Waals surface area (Å²) in [7, 11) is 0. The number of nitrogens with zero attached hydrogens (tertiary/aromatic N) is 1. The van der Waals surface area contributed by atoms with Crippen molar-refractivity contribution in [3.63, 3.8) is 0 Å². The van der Waals surface area contributed by atoms with Crippen molar-refractivity contribution in [1.82, 2.24) is 4.98 Å². The van der Waals surface area contributed by atoms with Crippen molar-refractivity contribution >= 4 is 54.2 Å². The summed E-state index contributed by atoms with van der Waals surface area (Å²) < 4.78 is 2.64. The van der Waals surface area contributed by atoms with E-state index in [2.05, 4.69) is 91.2 Å². The summed E-state index contributed by atoms with van der Waals surface area (Å²) in [5.41, 5.74) is 4.93. The molecule has 6 aromatic rings. The van der Waals surface area contributed by atoms with Gasteiger partial charge < -0.3 is 0 Å². The van der Waals surface area contributed by atoms with Crippen LogP contribution in [0.1, 0.15) is 4.88 Å². The lowest BCUT2D eigenvalue weighted by Crippen LogP contribution is -1.82. The predicted octanol–water partition coefficient (Wildman–Crippen LogP) is 8.88. The molecule has 4 heteroatoms. The first-order chi connectivity index (χ1) is 14.8. The minimum Gasteiger partial charge on any atom is -0.235 e. The second-order valence-corrected chi connectivity index (χ2v) is 10.4. The van der Waals surface area contributed by atoms with E-state index >= 15 is 0 Å². The van der Waals surface area contributed by atoms with Crippen molar-refractivity contribution in [1.29, 1.82) is 0 Å². The van der Waals surface area contributed by atoms with Crippen LogP contribution in [0.2, 0.25) is 0 Å². The second-order valence-electron chi connectivity index (χ2n) is 7.24. The van der Waals surface area contributed by atoms with Crippen molar-refractivity contribution < 1.29 is 0 Å². The number of thiophene rings is 2. The van der Waals surface area contributed by atoms with E-state index in [9.17, 15) is 0 Å². The zero-order chi connectivity index (χ0) is 20.1. The first-order valence-electron chi connectivity index (χ1n) is 9.81. The molecular formula is C26H17NS3. The molecule has 0 atom stereocenters. The zero-order valence-electron chi connectivity index (χ0n) is 16.3. The quantitative estimate of drug-likeness (QED) is 0.268. The van der Waals surface area contributed by atoms with Gasteiger partial charge in [-0.1, -0.05) is 66.7 Å². The van der Waals surface area contributed by atoms with E-state index in [-0.39, 0.29) is 0 Å². The fourth-order valence-electron chi connectivity index (χ4n) is 3.96. The number of hydrogen-bond acceptors (Lipinski definition) is 4. The molecule has 0 N–H and O–H groups in total. The van der Waals surface area contributed by atoms with Crippen LogP contribution in [0.25, 0.3) is 52.4 Å². The average Bonchev–Trinajstić information content (AvgIpc) is 3.48. The number of rotatable bonds is 3. The zero-order valence-corrected chi connectivity index (χ0v) is 18.7. The van der Waals surface area contributed by atoms with Gasteiger partial charge in [0.25, 0.3) is 0 Å². The van der Waals surface area contributed by atoms with Crippen LogP contribution in [0.5, 0.6) is 0 Å². The standard InChI is InChI=1S/C26H17NS3/c1-16-24(27-26(29-16)17-9-3-2-4-10-17)25-23(19-12-6-8-14-22(19)30-25)20-15-28-21-13-7-5-11-18(20)21/h2-15H,1H3. The summed E-state index contributed by atoms with van der Waals surface area (Å²) in [5.74, 6) is 0. The van der Waals surface area contributed by atoms with Crippen LogP contribution >= 0.6 is 34.0 Å². The summed E-state index contributed by atoms with van der Waals surface area (Å²) >= 11 is 5.45. The minimum atomic E-state index is 1.08. The fraction of sp³-hybridized carbons (Fsp3) is 0.0385. The van der Waals surface area contributed by atoms with Crippen LogP contribution in [0.3, 0.4) is 0 Å². The van der Waals surface area contributed by atoms with E-state index in [0.29, 0.717) is 0 Å². The van der Waals surface area contributed by atoms with E-state index in [0.717, 1.165) is 10.7 Å². The fourth-order valence-corrected chi connectivity index (χ4v) is 7.17. The molecule has 0 spiro atoms. The Labute approximate surface area is 186 Å². The number of thiazole rings is 1. The van der Waals surface area contributed by atoms with Gasteiger partial charge >= 0.3 is 0 Å². The molecule has 1 nitrogen and oxygen atoms in total. The van der Waals surface area contributed by atoms with Gasteiger partial charge in [0, 0.05) is 41.7 Å². The Hall–Kier alpha value is -2.79. The normalized spacial score (nSPS) is 11.5. The third-order valence-electron chi connectivity index (χ3n) is 5.38. The van der Waals surface area contributed by atoms with Crippen molar-refractivity contribution in [2.24, 2.45) is 0 Å². The molecule has 3 heterocycles. The molecule has 0 aliphatic rings. The van der Waals surface area contributed by atoms with Gasteiger partial charge in [0.2, 0.25) is 0 Å². The van der Waals surface area contributed by atoms with Gasteiger partial charge in [-0.3, -0.25) is 0 Å². The highest BCUT2D eigenvalue weighted by molar-refractivity contribution is 7.23. The molecule has 0 saturated carbocycles. The molecule has 3 aromatic heterocycles. The van der Waals surface area contributed by atoms with Crippen LogP contribution in [-0.2, 0) is 0 Å². The van der Waals surface area contributed by atoms with Crippen LogP contribution in [0.4, 0.5) is 0 Å². The summed E-state index contributed by atoms with van der Waals surface area (Å²) in [6.45, 7) is 2.19. The van der Waals surface area contributed by atoms with Gasteiger partial charge in [-0.25, -0.2) is 4.98 Å². The predicted molar refractivity (Wildman–Crippen MR) is 134 cm³/mol. The molecule has 0 aliphatic carbocycles. The maximum absolute atomic E-state index is 5.13. The van der Waals surface area contributed by atoms with Crippen molar-refractivity contribution in [2.75, 3.05) is 0 Å². The molecule has 0 fully saturated rings. The van der Waals surface area contributed by atoms with Gasteiger partial charge in [-0.15, -0.1) is 34.0 Å². The maximum atomic E-state index is 5.13. The topological polar surface area (TPSA) is 12.9 Å². The smallest absolute Gasteiger partial charge is 0.124 e. The third-order valence-corrected chi connectivity index (χ3v) is 8.54. The lowest BCUT2D eigenvalue weighted by molar-refractivity contribution is 1.39. The summed E-state index contributed by atoms with van der Waals surface area (Å²) in [4.78, 5) is 7.67. The lowest BCUT2D eigenvalue weighted by atomic mass is 10.00. The highest BCUT2D eigenvalue weighted by Crippen LogP contribution is 2.49. The van der Waals surface area contributed by atoms with Gasteiger partial charge in [0.15, 0.2) is 0 Å². The van der Waals surface area contributed by atoms with Crippen LogP contribution < -0.4 is 0 Å². The SMILES string of the molecule is Cc1sc(-c2ccccc2)nc1-c1sc2ccccc2c1-c1csc2ccccc12. The molecular weight excluding hydrogens is 422 g/mol. The highest BCUT2D eigenvalue weighted by atomic mass is 32.1. The van der Waals surface area contributed by atoms with Crippen LogP contribution in [0, 0.1) is 6.92 Å². The molecule has 0 bridgehead atoms. The number of benzene rings is 3. The maximum Gasteiger partial charge on any atom is 0.124 e. The molecule has 0 saturated heterocycles. The number of hydrogen-bond donors (Lipinski definition) is 0. The Kier molecular flexibility index (Phi) is 4.30. The number of fused-ring (bicyclic) bond motifs is 2. The van der Waals surface area contributed by atoms with Crippen LogP contribution in [-0.4, -0.2) is 4.98 Å². The Morgan fingerprint density at radius 1 is 0.700 bits per heavy atom. The summed E-state index contributed by atoms with van der Waals surface area (Å²) in [6.07, 6.45) is 0. The Morgan fingerprint density at radius 3 is 2.23 bits per heavy atom. The molecule has 0 radical (unpaired) electrons. The van der Waals surface area contributed by atoms with E-state index in [1.807, 2.05) is 22.7 Å². The van der Waals surface area contributed by atoms with E-state index in [1.54, 1.807) is 11.3 Å². The lowest BCUT2D eigenvalue weighted by Gasteiger charge is -2.04. The van der Waals surface area contributed by atoms with Crippen molar-refractivity contribution in [2.45, 2.75) is 6.92 Å². The second kappa shape index (κ2) is 7.17. The number of aryl methyl sites for hydroxylation is 1. The monoisotopic (exact) mass is 439 g/mol. The summed E-state index contributed by atoms with van der Waals surface area (Å²) in [6, 6.07) is 27.9. The van der Waals surface area contributed by atoms with E-state index in [1.165, 1.54) is 46.6 Å². The van der Waals surface area contributed by atoms with E-state index < -0.39 is 0 Å². The van der Waals surface area contributed by atoms with Gasteiger partial charge in [-0.2, -0.15) is 0 Å². The summed E-state index contributed by atoms with van der Waals surface area (Å²) in [5, 5.41) is 6.03. The Morgan fingerprint density at radius 2 is 1.40 bits per heavy atom. The number of aromatic nitrogens is 1. The Balaban J connectivity index is 1.64. The average molecular weight is 440 g/mol. The third kappa shape index (κ3) is 2.83. The molecule has 6 rings (SSSR count). The van der Waals surface area contributed by atoms with Gasteiger partial charge in [0.1, 0.15) is 5.01 Å². The van der Waals surface area contributed by atoms with Gasteiger partial charge in [0.05, 0.1) is 10.6 Å². The molecule has 30 heavy (non-hydrogen) atoms. The first kappa shape index (κ1) is 18.0. The van der Waals surface area contributed by atoms with E-state index in [4.69, 9.17) is 4.98 Å². The minimum absolute atomic E-state index is 1.08. The molecule has 0 amide bonds. The van der Waals surface area contributed by atoms with Crippen molar-refractivity contribution in [3.05, 3.63) is 89.1 Å².